The molecule has 0 aromatic carbocycles. The molecular weight excluding hydrogens is 280 g/mol. The molecule has 1 aliphatic rings. The van der Waals surface area contributed by atoms with E-state index in [0.29, 0.717) is 26.1 Å². The highest BCUT2D eigenvalue weighted by Crippen LogP contribution is 2.24. The van der Waals surface area contributed by atoms with Crippen molar-refractivity contribution in [1.29, 1.82) is 0 Å². The molecule has 0 aliphatic carbocycles. The van der Waals surface area contributed by atoms with E-state index in [9.17, 15) is 13.2 Å². The molecule has 1 atom stereocenters. The van der Waals surface area contributed by atoms with Crippen molar-refractivity contribution in [3.63, 3.8) is 0 Å². The van der Waals surface area contributed by atoms with Crippen molar-refractivity contribution in [1.82, 2.24) is 8.61 Å². The average molecular weight is 306 g/mol. The molecule has 118 valence electrons. The predicted molar refractivity (Wildman–Crippen MR) is 77.6 cm³/mol. The van der Waals surface area contributed by atoms with Crippen LogP contribution in [0.5, 0.6) is 0 Å². The molecule has 0 aromatic heterocycles. The van der Waals surface area contributed by atoms with Crippen molar-refractivity contribution in [2.45, 2.75) is 45.4 Å². The Kier molecular flexibility index (Phi) is 6.91. The highest BCUT2D eigenvalue weighted by Gasteiger charge is 2.31. The Morgan fingerprint density at radius 3 is 2.75 bits per heavy atom. The molecule has 1 rings (SSSR count). The van der Waals surface area contributed by atoms with Gasteiger partial charge in [-0.1, -0.05) is 13.3 Å². The van der Waals surface area contributed by atoms with Crippen molar-refractivity contribution in [3.8, 4) is 0 Å². The van der Waals surface area contributed by atoms with Gasteiger partial charge in [0.1, 0.15) is 0 Å². The van der Waals surface area contributed by atoms with Gasteiger partial charge in [-0.2, -0.15) is 17.0 Å². The van der Waals surface area contributed by atoms with Crippen LogP contribution < -0.4 is 0 Å². The number of carboxylic acids is 1. The van der Waals surface area contributed by atoms with Gasteiger partial charge in [-0.25, -0.2) is 0 Å². The first kappa shape index (κ1) is 17.4. The summed E-state index contributed by atoms with van der Waals surface area (Å²) >= 11 is 0. The van der Waals surface area contributed by atoms with Gasteiger partial charge in [-0.3, -0.25) is 4.79 Å². The molecule has 7 heteroatoms. The van der Waals surface area contributed by atoms with E-state index in [0.717, 1.165) is 25.7 Å². The minimum absolute atomic E-state index is 0.115. The maximum atomic E-state index is 12.4. The Morgan fingerprint density at radius 2 is 2.15 bits per heavy atom. The summed E-state index contributed by atoms with van der Waals surface area (Å²) in [5.41, 5.74) is 0. The SMILES string of the molecule is CCCCN(C)S(=O)(=O)N1CCCC(CCC(=O)O)C1. The molecule has 6 nitrogen and oxygen atoms in total. The Labute approximate surface area is 121 Å². The lowest BCUT2D eigenvalue weighted by molar-refractivity contribution is -0.137. The number of nitrogens with zero attached hydrogens (tertiary/aromatic N) is 2. The van der Waals surface area contributed by atoms with E-state index >= 15 is 0 Å². The first-order valence-corrected chi connectivity index (χ1v) is 8.70. The molecular formula is C13H26N2O4S. The summed E-state index contributed by atoms with van der Waals surface area (Å²) in [7, 11) is -1.77. The van der Waals surface area contributed by atoms with Crippen LogP contribution in [0.15, 0.2) is 0 Å². The maximum absolute atomic E-state index is 12.4. The molecule has 1 N–H and O–H groups in total. The van der Waals surface area contributed by atoms with Crippen LogP contribution in [0.3, 0.4) is 0 Å². The number of aliphatic carboxylic acids is 1. The molecule has 0 amide bonds. The van der Waals surface area contributed by atoms with Gasteiger partial charge in [0, 0.05) is 33.1 Å². The van der Waals surface area contributed by atoms with Gasteiger partial charge < -0.3 is 5.11 Å². The molecule has 0 spiro atoms. The van der Waals surface area contributed by atoms with Crippen molar-refractivity contribution >= 4 is 16.2 Å². The average Bonchev–Trinajstić information content (AvgIpc) is 2.42. The van der Waals surface area contributed by atoms with E-state index in [1.807, 2.05) is 6.92 Å². The zero-order valence-electron chi connectivity index (χ0n) is 12.4. The van der Waals surface area contributed by atoms with Crippen LogP contribution in [0.25, 0.3) is 0 Å². The van der Waals surface area contributed by atoms with E-state index in [1.165, 1.54) is 8.61 Å². The van der Waals surface area contributed by atoms with Gasteiger partial charge >= 0.3 is 5.97 Å². The van der Waals surface area contributed by atoms with E-state index < -0.39 is 16.2 Å². The third-order valence-corrected chi connectivity index (χ3v) is 5.75. The molecule has 1 heterocycles. The standard InChI is InChI=1S/C13H26N2O4S/c1-3-4-9-14(2)20(18,19)15-10-5-6-12(11-15)7-8-13(16)17/h12H,3-11H2,1-2H3,(H,16,17). The largest absolute Gasteiger partial charge is 0.481 e. The third kappa shape index (κ3) is 5.03. The second-order valence-electron chi connectivity index (χ2n) is 5.48. The summed E-state index contributed by atoms with van der Waals surface area (Å²) < 4.78 is 27.7. The van der Waals surface area contributed by atoms with Gasteiger partial charge in [-0.05, 0) is 31.6 Å². The second kappa shape index (κ2) is 7.95. The number of piperidine rings is 1. The van der Waals surface area contributed by atoms with Gasteiger partial charge in [0.15, 0.2) is 0 Å². The number of hydrogen-bond donors (Lipinski definition) is 1. The smallest absolute Gasteiger partial charge is 0.303 e. The Morgan fingerprint density at radius 1 is 1.45 bits per heavy atom. The van der Waals surface area contributed by atoms with Crippen LogP contribution in [0.4, 0.5) is 0 Å². The van der Waals surface area contributed by atoms with Crippen molar-refractivity contribution in [3.05, 3.63) is 0 Å². The van der Waals surface area contributed by atoms with E-state index in [2.05, 4.69) is 0 Å². The van der Waals surface area contributed by atoms with E-state index in [4.69, 9.17) is 5.11 Å². The molecule has 0 radical (unpaired) electrons. The summed E-state index contributed by atoms with van der Waals surface area (Å²) in [4.78, 5) is 10.6. The van der Waals surface area contributed by atoms with Crippen LogP contribution in [0.2, 0.25) is 0 Å². The quantitative estimate of drug-likeness (QED) is 0.738. The summed E-state index contributed by atoms with van der Waals surface area (Å²) in [6, 6.07) is 0. The normalized spacial score (nSPS) is 21.2. The first-order valence-electron chi connectivity index (χ1n) is 7.31. The zero-order chi connectivity index (χ0) is 15.2. The predicted octanol–water partition coefficient (Wildman–Crippen LogP) is 1.54. The Balaban J connectivity index is 2.58. The van der Waals surface area contributed by atoms with Crippen LogP contribution in [0.1, 0.15) is 45.4 Å². The van der Waals surface area contributed by atoms with E-state index in [1.54, 1.807) is 7.05 Å². The highest BCUT2D eigenvalue weighted by atomic mass is 32.2. The molecule has 1 aliphatic heterocycles. The minimum atomic E-state index is -3.39. The Bertz CT molecular complexity index is 411. The highest BCUT2D eigenvalue weighted by molar-refractivity contribution is 7.86. The number of unbranched alkanes of at least 4 members (excludes halogenated alkanes) is 1. The number of carbonyl (C=O) groups is 1. The maximum Gasteiger partial charge on any atom is 0.303 e. The lowest BCUT2D eigenvalue weighted by Gasteiger charge is -2.34. The van der Waals surface area contributed by atoms with Gasteiger partial charge in [0.25, 0.3) is 10.2 Å². The summed E-state index contributed by atoms with van der Waals surface area (Å²) in [5.74, 6) is -0.653. The fourth-order valence-electron chi connectivity index (χ4n) is 2.49. The lowest BCUT2D eigenvalue weighted by atomic mass is 9.95. The van der Waals surface area contributed by atoms with Gasteiger partial charge in [-0.15, -0.1) is 0 Å². The molecule has 20 heavy (non-hydrogen) atoms. The number of hydrogen-bond acceptors (Lipinski definition) is 3. The zero-order valence-corrected chi connectivity index (χ0v) is 13.2. The molecule has 1 unspecified atom stereocenters. The third-order valence-electron chi connectivity index (χ3n) is 3.79. The molecule has 0 aromatic rings. The summed E-state index contributed by atoms with van der Waals surface area (Å²) in [6.45, 7) is 3.56. The van der Waals surface area contributed by atoms with Crippen molar-refractivity contribution < 1.29 is 18.3 Å². The van der Waals surface area contributed by atoms with E-state index in [-0.39, 0.29) is 12.3 Å². The minimum Gasteiger partial charge on any atom is -0.481 e. The number of rotatable bonds is 8. The fraction of sp³-hybridized carbons (Fsp3) is 0.923. The molecule has 0 bridgehead atoms. The number of carboxylic acid groups (broad SMARTS) is 1. The van der Waals surface area contributed by atoms with Crippen LogP contribution >= 0.6 is 0 Å². The van der Waals surface area contributed by atoms with Crippen molar-refractivity contribution in [2.24, 2.45) is 5.92 Å². The monoisotopic (exact) mass is 306 g/mol. The first-order chi connectivity index (χ1) is 9.37. The van der Waals surface area contributed by atoms with Gasteiger partial charge in [0.05, 0.1) is 0 Å². The van der Waals surface area contributed by atoms with Crippen LogP contribution in [-0.4, -0.2) is 54.8 Å². The second-order valence-corrected chi connectivity index (χ2v) is 7.52. The fourth-order valence-corrected chi connectivity index (χ4v) is 4.01. The topological polar surface area (TPSA) is 77.9 Å². The van der Waals surface area contributed by atoms with Crippen LogP contribution in [0, 0.1) is 5.92 Å². The Hall–Kier alpha value is -0.660. The molecule has 1 saturated heterocycles. The summed E-state index contributed by atoms with van der Waals surface area (Å²) in [5, 5.41) is 8.72. The lowest BCUT2D eigenvalue weighted by Crippen LogP contribution is -2.47. The summed E-state index contributed by atoms with van der Waals surface area (Å²) in [6.07, 6.45) is 4.21. The van der Waals surface area contributed by atoms with Crippen LogP contribution in [-0.2, 0) is 15.0 Å². The van der Waals surface area contributed by atoms with Crippen molar-refractivity contribution in [2.75, 3.05) is 26.7 Å². The molecule has 1 fully saturated rings. The van der Waals surface area contributed by atoms with Gasteiger partial charge in [0.2, 0.25) is 0 Å². The molecule has 0 saturated carbocycles.